The van der Waals surface area contributed by atoms with Crippen molar-refractivity contribution < 1.29 is 13.6 Å². The molecule has 2 aromatic carbocycles. The van der Waals surface area contributed by atoms with Gasteiger partial charge in [0.05, 0.1) is 0 Å². The lowest BCUT2D eigenvalue weighted by Gasteiger charge is -2.03. The maximum atomic E-state index is 12.9. The van der Waals surface area contributed by atoms with Gasteiger partial charge in [-0.1, -0.05) is 23.7 Å². The van der Waals surface area contributed by atoms with E-state index in [-0.39, 0.29) is 17.5 Å². The van der Waals surface area contributed by atoms with E-state index in [1.807, 2.05) is 12.1 Å². The molecule has 0 radical (unpaired) electrons. The fraction of sp³-hybridized carbons (Fsp3) is 0.0556. The van der Waals surface area contributed by atoms with Gasteiger partial charge in [-0.05, 0) is 54.1 Å². The standard InChI is InChI=1S/C18H13ClFNO2/c19-14-5-1-12(2-6-14)11-21-18(22)17-10-9-16(23-17)13-3-7-15(20)8-4-13/h1-10H,11H2,(H,21,22). The number of amides is 1. The number of hydrogen-bond donors (Lipinski definition) is 1. The average molecular weight is 330 g/mol. The summed E-state index contributed by atoms with van der Waals surface area (Å²) in [6, 6.07) is 16.4. The Bertz CT molecular complexity index is 810. The summed E-state index contributed by atoms with van der Waals surface area (Å²) in [5.41, 5.74) is 1.65. The minimum Gasteiger partial charge on any atom is -0.451 e. The number of nitrogens with one attached hydrogen (secondary N) is 1. The molecule has 0 spiro atoms. The molecule has 23 heavy (non-hydrogen) atoms. The second kappa shape index (κ2) is 6.67. The molecule has 3 aromatic rings. The van der Waals surface area contributed by atoms with Gasteiger partial charge in [-0.15, -0.1) is 0 Å². The topological polar surface area (TPSA) is 42.2 Å². The van der Waals surface area contributed by atoms with E-state index in [4.69, 9.17) is 16.0 Å². The molecule has 0 aliphatic rings. The first kappa shape index (κ1) is 15.3. The number of carbonyl (C=O) groups excluding carboxylic acids is 1. The molecule has 0 atom stereocenters. The summed E-state index contributed by atoms with van der Waals surface area (Å²) >= 11 is 5.82. The van der Waals surface area contributed by atoms with Gasteiger partial charge in [0.1, 0.15) is 11.6 Å². The predicted molar refractivity (Wildman–Crippen MR) is 86.7 cm³/mol. The van der Waals surface area contributed by atoms with Crippen molar-refractivity contribution in [3.63, 3.8) is 0 Å². The second-order valence-corrected chi connectivity index (χ2v) is 5.42. The lowest BCUT2D eigenvalue weighted by Crippen LogP contribution is -2.22. The molecule has 0 fully saturated rings. The Kier molecular flexibility index (Phi) is 4.44. The van der Waals surface area contributed by atoms with Crippen LogP contribution >= 0.6 is 11.6 Å². The van der Waals surface area contributed by atoms with Gasteiger partial charge in [0.15, 0.2) is 5.76 Å². The summed E-state index contributed by atoms with van der Waals surface area (Å²) in [5, 5.41) is 3.42. The fourth-order valence-corrected chi connectivity index (χ4v) is 2.23. The van der Waals surface area contributed by atoms with Crippen LogP contribution in [0.3, 0.4) is 0 Å². The molecule has 0 aliphatic carbocycles. The van der Waals surface area contributed by atoms with Crippen LogP contribution in [0.15, 0.2) is 65.1 Å². The molecule has 3 nitrogen and oxygen atoms in total. The van der Waals surface area contributed by atoms with Gasteiger partial charge < -0.3 is 9.73 Å². The molecule has 1 heterocycles. The third-order valence-corrected chi connectivity index (χ3v) is 3.58. The van der Waals surface area contributed by atoms with Crippen molar-refractivity contribution in [3.05, 3.63) is 82.8 Å². The highest BCUT2D eigenvalue weighted by molar-refractivity contribution is 6.30. The Hall–Kier alpha value is -2.59. The van der Waals surface area contributed by atoms with E-state index < -0.39 is 0 Å². The summed E-state index contributed by atoms with van der Waals surface area (Å²) in [4.78, 5) is 12.1. The van der Waals surface area contributed by atoms with E-state index in [2.05, 4.69) is 5.32 Å². The van der Waals surface area contributed by atoms with Crippen molar-refractivity contribution in [2.45, 2.75) is 6.54 Å². The summed E-state index contributed by atoms with van der Waals surface area (Å²) < 4.78 is 18.4. The van der Waals surface area contributed by atoms with Crippen LogP contribution in [0.5, 0.6) is 0 Å². The SMILES string of the molecule is O=C(NCc1ccc(Cl)cc1)c1ccc(-c2ccc(F)cc2)o1. The number of hydrogen-bond acceptors (Lipinski definition) is 2. The lowest BCUT2D eigenvalue weighted by molar-refractivity contribution is 0.0924. The molecule has 1 amide bonds. The van der Waals surface area contributed by atoms with Crippen molar-refractivity contribution in [1.82, 2.24) is 5.32 Å². The van der Waals surface area contributed by atoms with E-state index in [9.17, 15) is 9.18 Å². The molecule has 0 aliphatic heterocycles. The van der Waals surface area contributed by atoms with Crippen molar-refractivity contribution in [1.29, 1.82) is 0 Å². The molecule has 1 aromatic heterocycles. The molecular formula is C18H13ClFNO2. The Balaban J connectivity index is 1.66. The Morgan fingerprint density at radius 1 is 1.00 bits per heavy atom. The van der Waals surface area contributed by atoms with Crippen LogP contribution < -0.4 is 5.32 Å². The predicted octanol–water partition coefficient (Wildman–Crippen LogP) is 4.67. The third kappa shape index (κ3) is 3.79. The van der Waals surface area contributed by atoms with Crippen LogP contribution in [0.4, 0.5) is 4.39 Å². The smallest absolute Gasteiger partial charge is 0.287 e. The first-order valence-electron chi connectivity index (χ1n) is 7.00. The maximum Gasteiger partial charge on any atom is 0.287 e. The monoisotopic (exact) mass is 329 g/mol. The van der Waals surface area contributed by atoms with Gasteiger partial charge in [0, 0.05) is 17.1 Å². The molecule has 5 heteroatoms. The van der Waals surface area contributed by atoms with Crippen LogP contribution in [0.1, 0.15) is 16.1 Å². The largest absolute Gasteiger partial charge is 0.451 e. The molecular weight excluding hydrogens is 317 g/mol. The summed E-state index contributed by atoms with van der Waals surface area (Å²) in [5.74, 6) is 0.0921. The first-order chi connectivity index (χ1) is 11.1. The maximum absolute atomic E-state index is 12.9. The van der Waals surface area contributed by atoms with E-state index >= 15 is 0 Å². The first-order valence-corrected chi connectivity index (χ1v) is 7.38. The van der Waals surface area contributed by atoms with Gasteiger partial charge in [-0.3, -0.25) is 4.79 Å². The van der Waals surface area contributed by atoms with Crippen molar-refractivity contribution in [3.8, 4) is 11.3 Å². The summed E-state index contributed by atoms with van der Waals surface area (Å²) in [6.45, 7) is 0.378. The van der Waals surface area contributed by atoms with Crippen molar-refractivity contribution in [2.24, 2.45) is 0 Å². The molecule has 0 unspecified atom stereocenters. The number of benzene rings is 2. The molecule has 0 bridgehead atoms. The highest BCUT2D eigenvalue weighted by Gasteiger charge is 2.12. The molecule has 1 N–H and O–H groups in total. The van der Waals surface area contributed by atoms with Crippen molar-refractivity contribution >= 4 is 17.5 Å². The van der Waals surface area contributed by atoms with E-state index in [0.717, 1.165) is 5.56 Å². The van der Waals surface area contributed by atoms with Gasteiger partial charge >= 0.3 is 0 Å². The minimum atomic E-state index is -0.318. The van der Waals surface area contributed by atoms with Gasteiger partial charge in [0.25, 0.3) is 5.91 Å². The average Bonchev–Trinajstić information content (AvgIpc) is 3.05. The number of halogens is 2. The Morgan fingerprint density at radius 3 is 2.39 bits per heavy atom. The second-order valence-electron chi connectivity index (χ2n) is 4.98. The van der Waals surface area contributed by atoms with Crippen LogP contribution in [0, 0.1) is 5.82 Å². The number of furan rings is 1. The van der Waals surface area contributed by atoms with Gasteiger partial charge in [-0.25, -0.2) is 4.39 Å². The van der Waals surface area contributed by atoms with Crippen LogP contribution in [-0.4, -0.2) is 5.91 Å². The van der Waals surface area contributed by atoms with Crippen molar-refractivity contribution in [2.75, 3.05) is 0 Å². The normalized spacial score (nSPS) is 10.5. The summed E-state index contributed by atoms with van der Waals surface area (Å²) in [6.07, 6.45) is 0. The van der Waals surface area contributed by atoms with Crippen LogP contribution in [-0.2, 0) is 6.54 Å². The number of rotatable bonds is 4. The molecule has 3 rings (SSSR count). The van der Waals surface area contributed by atoms with Crippen LogP contribution in [0.25, 0.3) is 11.3 Å². The third-order valence-electron chi connectivity index (χ3n) is 3.32. The minimum absolute atomic E-state index is 0.207. The molecule has 0 saturated heterocycles. The van der Waals surface area contributed by atoms with Gasteiger partial charge in [0.2, 0.25) is 0 Å². The molecule has 116 valence electrons. The van der Waals surface area contributed by atoms with Gasteiger partial charge in [-0.2, -0.15) is 0 Å². The lowest BCUT2D eigenvalue weighted by atomic mass is 10.2. The Labute approximate surface area is 137 Å². The highest BCUT2D eigenvalue weighted by Crippen LogP contribution is 2.22. The highest BCUT2D eigenvalue weighted by atomic mass is 35.5. The molecule has 0 saturated carbocycles. The zero-order valence-electron chi connectivity index (χ0n) is 12.1. The number of carbonyl (C=O) groups is 1. The van der Waals surface area contributed by atoms with E-state index in [1.54, 1.807) is 36.4 Å². The summed E-state index contributed by atoms with van der Waals surface area (Å²) in [7, 11) is 0. The quantitative estimate of drug-likeness (QED) is 0.755. The van der Waals surface area contributed by atoms with E-state index in [0.29, 0.717) is 22.9 Å². The Morgan fingerprint density at radius 2 is 1.70 bits per heavy atom. The van der Waals surface area contributed by atoms with Crippen LogP contribution in [0.2, 0.25) is 5.02 Å². The zero-order valence-corrected chi connectivity index (χ0v) is 12.8. The zero-order chi connectivity index (χ0) is 16.2. The van der Waals surface area contributed by atoms with E-state index in [1.165, 1.54) is 12.1 Å². The fourth-order valence-electron chi connectivity index (χ4n) is 2.10.